The third-order valence-electron chi connectivity index (χ3n) is 3.23. The summed E-state index contributed by atoms with van der Waals surface area (Å²) in [5, 5.41) is 14.2. The molecule has 0 amide bonds. The van der Waals surface area contributed by atoms with Gasteiger partial charge in [-0.05, 0) is 12.1 Å². The molecule has 0 atom stereocenters. The third kappa shape index (κ3) is 3.82. The van der Waals surface area contributed by atoms with Crippen molar-refractivity contribution in [1.82, 2.24) is 10.2 Å². The van der Waals surface area contributed by atoms with Crippen molar-refractivity contribution in [1.29, 1.82) is 0 Å². The smallest absolute Gasteiger partial charge is 0.314 e. The number of nitrogens with one attached hydrogen (secondary N) is 1. The number of methoxy groups -OCH3 is 1. The molecule has 1 aromatic carbocycles. The molecule has 0 radical (unpaired) electrons. The van der Waals surface area contributed by atoms with Crippen LogP contribution in [0.3, 0.4) is 0 Å². The predicted molar refractivity (Wildman–Crippen MR) is 74.5 cm³/mol. The highest BCUT2D eigenvalue weighted by atomic mass is 16.6. The van der Waals surface area contributed by atoms with Crippen molar-refractivity contribution in [2.45, 2.75) is 0 Å². The highest BCUT2D eigenvalue weighted by Crippen LogP contribution is 2.30. The van der Waals surface area contributed by atoms with Gasteiger partial charge in [0, 0.05) is 32.7 Å². The molecule has 2 rings (SSSR count). The van der Waals surface area contributed by atoms with Crippen molar-refractivity contribution in [2.24, 2.45) is 0 Å². The molecule has 1 aliphatic rings. The highest BCUT2D eigenvalue weighted by Gasteiger charge is 2.16. The van der Waals surface area contributed by atoms with E-state index in [1.165, 1.54) is 13.2 Å². The van der Waals surface area contributed by atoms with Crippen molar-refractivity contribution in [3.05, 3.63) is 28.3 Å². The van der Waals surface area contributed by atoms with E-state index in [4.69, 9.17) is 9.47 Å². The molecule has 7 nitrogen and oxygen atoms in total. The van der Waals surface area contributed by atoms with Crippen molar-refractivity contribution >= 4 is 5.69 Å². The van der Waals surface area contributed by atoms with Crippen molar-refractivity contribution in [3.63, 3.8) is 0 Å². The lowest BCUT2D eigenvalue weighted by Crippen LogP contribution is -2.44. The summed E-state index contributed by atoms with van der Waals surface area (Å²) in [7, 11) is 1.41. The quantitative estimate of drug-likeness (QED) is 0.616. The number of hydrogen-bond donors (Lipinski definition) is 1. The first-order valence-corrected chi connectivity index (χ1v) is 6.59. The zero-order chi connectivity index (χ0) is 14.4. The number of ether oxygens (including phenoxy) is 2. The molecule has 0 spiro atoms. The molecule has 1 aromatic rings. The Hall–Kier alpha value is -1.86. The molecular weight excluding hydrogens is 262 g/mol. The summed E-state index contributed by atoms with van der Waals surface area (Å²) in [4.78, 5) is 12.7. The maximum absolute atomic E-state index is 10.9. The minimum absolute atomic E-state index is 0.0767. The predicted octanol–water partition coefficient (Wildman–Crippen LogP) is 0.887. The van der Waals surface area contributed by atoms with E-state index in [1.54, 1.807) is 12.1 Å². The Morgan fingerprint density at radius 1 is 1.40 bits per heavy atom. The zero-order valence-electron chi connectivity index (χ0n) is 11.5. The van der Waals surface area contributed by atoms with E-state index in [9.17, 15) is 10.1 Å². The summed E-state index contributed by atoms with van der Waals surface area (Å²) in [6.07, 6.45) is 0. The van der Waals surface area contributed by atoms with Crippen LogP contribution in [0.5, 0.6) is 11.5 Å². The largest absolute Gasteiger partial charge is 0.492 e. The minimum atomic E-state index is -0.470. The van der Waals surface area contributed by atoms with E-state index in [2.05, 4.69) is 10.2 Å². The second kappa shape index (κ2) is 7.06. The molecular formula is C13H19N3O4. The van der Waals surface area contributed by atoms with Gasteiger partial charge in [0.15, 0.2) is 5.75 Å². The first-order chi connectivity index (χ1) is 9.70. The first-order valence-electron chi connectivity index (χ1n) is 6.59. The van der Waals surface area contributed by atoms with Gasteiger partial charge in [-0.15, -0.1) is 0 Å². The first kappa shape index (κ1) is 14.5. The summed E-state index contributed by atoms with van der Waals surface area (Å²) >= 11 is 0. The zero-order valence-corrected chi connectivity index (χ0v) is 11.5. The van der Waals surface area contributed by atoms with E-state index in [1.807, 2.05) is 0 Å². The molecule has 20 heavy (non-hydrogen) atoms. The Kier molecular flexibility index (Phi) is 5.14. The summed E-state index contributed by atoms with van der Waals surface area (Å²) in [5.41, 5.74) is -0.0767. The highest BCUT2D eigenvalue weighted by molar-refractivity contribution is 5.50. The summed E-state index contributed by atoms with van der Waals surface area (Å²) in [6.45, 7) is 5.34. The standard InChI is InChI=1S/C13H19N3O4/c1-19-13-3-2-11(10-12(13)16(17)18)20-9-8-15-6-4-14-5-7-15/h2-3,10,14H,4-9H2,1H3. The lowest BCUT2D eigenvalue weighted by Gasteiger charge is -2.26. The van der Waals surface area contributed by atoms with Crippen molar-refractivity contribution in [3.8, 4) is 11.5 Å². The Bertz CT molecular complexity index is 461. The van der Waals surface area contributed by atoms with E-state index >= 15 is 0 Å². The second-order valence-corrected chi connectivity index (χ2v) is 4.53. The number of rotatable bonds is 6. The molecule has 0 unspecified atom stereocenters. The van der Waals surface area contributed by atoms with Crippen molar-refractivity contribution in [2.75, 3.05) is 46.4 Å². The molecule has 1 saturated heterocycles. The van der Waals surface area contributed by atoms with Gasteiger partial charge in [-0.2, -0.15) is 0 Å². The number of nitro benzene ring substituents is 1. The maximum atomic E-state index is 10.9. The van der Waals surface area contributed by atoms with Gasteiger partial charge in [0.05, 0.1) is 18.1 Å². The molecule has 1 aliphatic heterocycles. The number of hydrogen-bond acceptors (Lipinski definition) is 6. The van der Waals surface area contributed by atoms with Gasteiger partial charge in [-0.1, -0.05) is 0 Å². The number of piperazine rings is 1. The molecule has 1 fully saturated rings. The summed E-state index contributed by atoms with van der Waals surface area (Å²) in [5.74, 6) is 0.733. The monoisotopic (exact) mass is 281 g/mol. The Labute approximate surface area is 117 Å². The van der Waals surface area contributed by atoms with Crippen LogP contribution in [0.15, 0.2) is 18.2 Å². The normalized spacial score (nSPS) is 15.8. The average Bonchev–Trinajstić information content (AvgIpc) is 2.48. The number of nitrogens with zero attached hydrogens (tertiary/aromatic N) is 2. The molecule has 0 saturated carbocycles. The SMILES string of the molecule is COc1ccc(OCCN2CCNCC2)cc1[N+](=O)[O-]. The molecule has 1 heterocycles. The lowest BCUT2D eigenvalue weighted by molar-refractivity contribution is -0.385. The second-order valence-electron chi connectivity index (χ2n) is 4.53. The number of nitro groups is 1. The van der Waals surface area contributed by atoms with E-state index in [0.29, 0.717) is 12.4 Å². The van der Waals surface area contributed by atoms with Gasteiger partial charge < -0.3 is 14.8 Å². The molecule has 110 valence electrons. The fourth-order valence-corrected chi connectivity index (χ4v) is 2.13. The minimum Gasteiger partial charge on any atom is -0.492 e. The topological polar surface area (TPSA) is 76.9 Å². The van der Waals surface area contributed by atoms with Crippen molar-refractivity contribution < 1.29 is 14.4 Å². The maximum Gasteiger partial charge on any atom is 0.314 e. The molecule has 7 heteroatoms. The van der Waals surface area contributed by atoms with E-state index < -0.39 is 4.92 Å². The van der Waals surface area contributed by atoms with Crippen LogP contribution in [0, 0.1) is 10.1 Å². The molecule has 0 aliphatic carbocycles. The Morgan fingerprint density at radius 2 is 2.15 bits per heavy atom. The Morgan fingerprint density at radius 3 is 2.80 bits per heavy atom. The number of benzene rings is 1. The van der Waals surface area contributed by atoms with Crippen LogP contribution in [0.25, 0.3) is 0 Å². The molecule has 0 bridgehead atoms. The van der Waals surface area contributed by atoms with Gasteiger partial charge >= 0.3 is 5.69 Å². The third-order valence-corrected chi connectivity index (χ3v) is 3.23. The summed E-state index contributed by atoms with van der Waals surface area (Å²) in [6, 6.07) is 4.64. The van der Waals surface area contributed by atoms with E-state index in [-0.39, 0.29) is 11.4 Å². The van der Waals surface area contributed by atoms with Gasteiger partial charge in [0.25, 0.3) is 0 Å². The van der Waals surface area contributed by atoms with Gasteiger partial charge in [-0.25, -0.2) is 0 Å². The van der Waals surface area contributed by atoms with Crippen LogP contribution in [0.4, 0.5) is 5.69 Å². The van der Waals surface area contributed by atoms with E-state index in [0.717, 1.165) is 32.7 Å². The van der Waals surface area contributed by atoms with Gasteiger partial charge in [0.1, 0.15) is 12.4 Å². The van der Waals surface area contributed by atoms with Crippen LogP contribution in [-0.2, 0) is 0 Å². The van der Waals surface area contributed by atoms with Gasteiger partial charge in [-0.3, -0.25) is 15.0 Å². The average molecular weight is 281 g/mol. The summed E-state index contributed by atoms with van der Waals surface area (Å²) < 4.78 is 10.5. The Balaban J connectivity index is 1.89. The molecule has 1 N–H and O–H groups in total. The lowest BCUT2D eigenvalue weighted by atomic mass is 10.3. The fraction of sp³-hybridized carbons (Fsp3) is 0.538. The molecule has 0 aromatic heterocycles. The van der Waals surface area contributed by atoms with Crippen LogP contribution in [0.1, 0.15) is 0 Å². The van der Waals surface area contributed by atoms with Crippen LogP contribution in [0.2, 0.25) is 0 Å². The van der Waals surface area contributed by atoms with Crippen LogP contribution >= 0.6 is 0 Å². The van der Waals surface area contributed by atoms with Crippen LogP contribution < -0.4 is 14.8 Å². The fourth-order valence-electron chi connectivity index (χ4n) is 2.13. The van der Waals surface area contributed by atoms with Gasteiger partial charge in [0.2, 0.25) is 0 Å². The van der Waals surface area contributed by atoms with Crippen LogP contribution in [-0.4, -0.2) is 56.3 Å².